The van der Waals surface area contributed by atoms with E-state index in [1.807, 2.05) is 30.3 Å². The van der Waals surface area contributed by atoms with E-state index in [4.69, 9.17) is 9.47 Å². The molecule has 0 saturated carbocycles. The third-order valence-electron chi connectivity index (χ3n) is 5.87. The van der Waals surface area contributed by atoms with Gasteiger partial charge in [-0.2, -0.15) is 0 Å². The van der Waals surface area contributed by atoms with Crippen molar-refractivity contribution in [3.63, 3.8) is 0 Å². The number of carbonyl (C=O) groups excluding carboxylic acids is 2. The van der Waals surface area contributed by atoms with Gasteiger partial charge in [-0.3, -0.25) is 9.69 Å². The number of piperazine rings is 1. The van der Waals surface area contributed by atoms with E-state index in [-0.39, 0.29) is 18.5 Å². The van der Waals surface area contributed by atoms with E-state index in [1.165, 1.54) is 5.56 Å². The second-order valence-electron chi connectivity index (χ2n) is 8.38. The number of hydrogen-bond donors (Lipinski definition) is 1. The number of benzene rings is 3. The summed E-state index contributed by atoms with van der Waals surface area (Å²) in [5.41, 5.74) is 3.67. The average Bonchev–Trinajstić information content (AvgIpc) is 2.89. The number of nitrogens with one attached hydrogen (secondary N) is 1. The van der Waals surface area contributed by atoms with Gasteiger partial charge >= 0.3 is 5.97 Å². The van der Waals surface area contributed by atoms with Gasteiger partial charge in [0.05, 0.1) is 12.2 Å². The summed E-state index contributed by atoms with van der Waals surface area (Å²) in [5, 5.41) is 2.86. The second kappa shape index (κ2) is 12.0. The lowest BCUT2D eigenvalue weighted by Gasteiger charge is -2.36. The van der Waals surface area contributed by atoms with Crippen molar-refractivity contribution in [2.24, 2.45) is 0 Å². The van der Waals surface area contributed by atoms with Crippen molar-refractivity contribution in [2.45, 2.75) is 13.5 Å². The lowest BCUT2D eigenvalue weighted by atomic mass is 10.2. The molecule has 35 heavy (non-hydrogen) atoms. The summed E-state index contributed by atoms with van der Waals surface area (Å²) in [4.78, 5) is 28.8. The second-order valence-corrected chi connectivity index (χ2v) is 8.38. The summed E-state index contributed by atoms with van der Waals surface area (Å²) in [6.45, 7) is 6.93. The molecule has 0 atom stereocenters. The molecule has 0 bridgehead atoms. The lowest BCUT2D eigenvalue weighted by molar-refractivity contribution is -0.118. The third-order valence-corrected chi connectivity index (χ3v) is 5.87. The van der Waals surface area contributed by atoms with Crippen LogP contribution in [0, 0.1) is 0 Å². The van der Waals surface area contributed by atoms with Gasteiger partial charge in [0.15, 0.2) is 6.61 Å². The number of amides is 1. The molecule has 1 heterocycles. The molecule has 3 aromatic carbocycles. The third kappa shape index (κ3) is 7.07. The van der Waals surface area contributed by atoms with Crippen molar-refractivity contribution in [2.75, 3.05) is 49.6 Å². The van der Waals surface area contributed by atoms with Crippen LogP contribution in [0.3, 0.4) is 0 Å². The predicted molar refractivity (Wildman–Crippen MR) is 137 cm³/mol. The van der Waals surface area contributed by atoms with Crippen LogP contribution < -0.4 is 15.0 Å². The first kappa shape index (κ1) is 24.3. The van der Waals surface area contributed by atoms with Crippen molar-refractivity contribution < 1.29 is 19.1 Å². The van der Waals surface area contributed by atoms with Crippen molar-refractivity contribution in [3.05, 3.63) is 90.0 Å². The fraction of sp³-hybridized carbons (Fsp3) is 0.286. The summed E-state index contributed by atoms with van der Waals surface area (Å²) in [7, 11) is 0. The molecule has 7 heteroatoms. The summed E-state index contributed by atoms with van der Waals surface area (Å²) >= 11 is 0. The standard InChI is InChI=1S/C28H31N3O4/c1-2-34-28(33)23-8-14-26(15-9-23)35-21-27(32)29-24-10-12-25(13-11-24)31-18-16-30(17-19-31)20-22-6-4-3-5-7-22/h3-15H,2,16-21H2,1H3,(H,29,32). The maximum absolute atomic E-state index is 12.3. The molecular formula is C28H31N3O4. The first-order chi connectivity index (χ1) is 17.1. The van der Waals surface area contributed by atoms with E-state index in [9.17, 15) is 9.59 Å². The Balaban J connectivity index is 1.20. The molecule has 1 fully saturated rings. The fourth-order valence-electron chi connectivity index (χ4n) is 4.01. The number of nitrogens with zero attached hydrogens (tertiary/aromatic N) is 2. The van der Waals surface area contributed by atoms with Crippen LogP contribution in [-0.4, -0.2) is 56.2 Å². The Morgan fingerprint density at radius 2 is 1.54 bits per heavy atom. The zero-order valence-corrected chi connectivity index (χ0v) is 20.0. The molecule has 0 radical (unpaired) electrons. The van der Waals surface area contributed by atoms with Crippen LogP contribution in [0.2, 0.25) is 0 Å². The van der Waals surface area contributed by atoms with Gasteiger partial charge in [-0.15, -0.1) is 0 Å². The predicted octanol–water partition coefficient (Wildman–Crippen LogP) is 4.20. The average molecular weight is 474 g/mol. The van der Waals surface area contributed by atoms with Crippen LogP contribution in [-0.2, 0) is 16.1 Å². The monoisotopic (exact) mass is 473 g/mol. The highest BCUT2D eigenvalue weighted by Crippen LogP contribution is 2.20. The van der Waals surface area contributed by atoms with E-state index in [1.54, 1.807) is 31.2 Å². The lowest BCUT2D eigenvalue weighted by Crippen LogP contribution is -2.45. The summed E-state index contributed by atoms with van der Waals surface area (Å²) < 4.78 is 10.5. The Morgan fingerprint density at radius 1 is 0.857 bits per heavy atom. The van der Waals surface area contributed by atoms with Gasteiger partial charge in [0.2, 0.25) is 0 Å². The molecule has 3 aromatic rings. The summed E-state index contributed by atoms with van der Waals surface area (Å²) in [6, 6.07) is 25.0. The highest BCUT2D eigenvalue weighted by atomic mass is 16.5. The molecule has 1 aliphatic rings. The van der Waals surface area contributed by atoms with Crippen LogP contribution in [0.5, 0.6) is 5.75 Å². The molecule has 4 rings (SSSR count). The van der Waals surface area contributed by atoms with Crippen LogP contribution in [0.25, 0.3) is 0 Å². The van der Waals surface area contributed by atoms with E-state index in [0.717, 1.165) is 44.1 Å². The molecule has 1 saturated heterocycles. The van der Waals surface area contributed by atoms with E-state index in [2.05, 4.69) is 39.4 Å². The molecule has 7 nitrogen and oxygen atoms in total. The first-order valence-corrected chi connectivity index (χ1v) is 11.9. The number of anilines is 2. The van der Waals surface area contributed by atoms with Crippen LogP contribution >= 0.6 is 0 Å². The Bertz CT molecular complexity index is 1090. The number of carbonyl (C=O) groups is 2. The molecule has 0 aliphatic carbocycles. The van der Waals surface area contributed by atoms with Crippen molar-refractivity contribution in [1.82, 2.24) is 4.90 Å². The summed E-state index contributed by atoms with van der Waals surface area (Å²) in [5.74, 6) is -0.119. The minimum Gasteiger partial charge on any atom is -0.484 e. The number of ether oxygens (including phenoxy) is 2. The van der Waals surface area contributed by atoms with Gasteiger partial charge in [0.25, 0.3) is 5.91 Å². The zero-order chi connectivity index (χ0) is 24.5. The molecule has 0 unspecified atom stereocenters. The largest absolute Gasteiger partial charge is 0.484 e. The molecule has 1 amide bonds. The van der Waals surface area contributed by atoms with Gasteiger partial charge in [0.1, 0.15) is 5.75 Å². The topological polar surface area (TPSA) is 71.1 Å². The van der Waals surface area contributed by atoms with Gasteiger partial charge in [0, 0.05) is 44.1 Å². The Hall–Kier alpha value is -3.84. The van der Waals surface area contributed by atoms with Gasteiger partial charge in [-0.25, -0.2) is 4.79 Å². The van der Waals surface area contributed by atoms with Crippen LogP contribution in [0.1, 0.15) is 22.8 Å². The fourth-order valence-corrected chi connectivity index (χ4v) is 4.01. The van der Waals surface area contributed by atoms with Crippen LogP contribution in [0.4, 0.5) is 11.4 Å². The number of esters is 1. The smallest absolute Gasteiger partial charge is 0.338 e. The van der Waals surface area contributed by atoms with Crippen molar-refractivity contribution in [3.8, 4) is 5.75 Å². The molecule has 0 aromatic heterocycles. The molecule has 182 valence electrons. The van der Waals surface area contributed by atoms with Crippen LogP contribution in [0.15, 0.2) is 78.9 Å². The normalized spacial score (nSPS) is 13.8. The maximum Gasteiger partial charge on any atom is 0.338 e. The Morgan fingerprint density at radius 3 is 2.20 bits per heavy atom. The van der Waals surface area contributed by atoms with E-state index in [0.29, 0.717) is 17.9 Å². The summed E-state index contributed by atoms with van der Waals surface area (Å²) in [6.07, 6.45) is 0. The molecular weight excluding hydrogens is 442 g/mol. The quantitative estimate of drug-likeness (QED) is 0.470. The highest BCUT2D eigenvalue weighted by molar-refractivity contribution is 5.92. The SMILES string of the molecule is CCOC(=O)c1ccc(OCC(=O)Nc2ccc(N3CCN(Cc4ccccc4)CC3)cc2)cc1. The highest BCUT2D eigenvalue weighted by Gasteiger charge is 2.17. The van der Waals surface area contributed by atoms with E-state index < -0.39 is 0 Å². The van der Waals surface area contributed by atoms with Crippen molar-refractivity contribution in [1.29, 1.82) is 0 Å². The zero-order valence-electron chi connectivity index (χ0n) is 20.0. The van der Waals surface area contributed by atoms with E-state index >= 15 is 0 Å². The van der Waals surface area contributed by atoms with Gasteiger partial charge in [-0.05, 0) is 61.0 Å². The van der Waals surface area contributed by atoms with Crippen molar-refractivity contribution >= 4 is 23.3 Å². The Labute approximate surface area is 206 Å². The molecule has 0 spiro atoms. The van der Waals surface area contributed by atoms with Gasteiger partial charge in [-0.1, -0.05) is 30.3 Å². The molecule has 1 N–H and O–H groups in total. The van der Waals surface area contributed by atoms with Gasteiger partial charge < -0.3 is 19.7 Å². The minimum atomic E-state index is -0.380. The first-order valence-electron chi connectivity index (χ1n) is 11.9. The number of hydrogen-bond acceptors (Lipinski definition) is 6. The maximum atomic E-state index is 12.3. The minimum absolute atomic E-state index is 0.121. The Kier molecular flexibility index (Phi) is 8.35. The molecule has 1 aliphatic heterocycles. The number of rotatable bonds is 9.